The Bertz CT molecular complexity index is 480. The van der Waals surface area contributed by atoms with Crippen LogP contribution < -0.4 is 10.6 Å². The quantitative estimate of drug-likeness (QED) is 0.824. The summed E-state index contributed by atoms with van der Waals surface area (Å²) in [4.78, 5) is 9.51. The zero-order chi connectivity index (χ0) is 11.5. The molecule has 0 unspecified atom stereocenters. The molecular weight excluding hydrogens is 207 g/mol. The number of likely N-dealkylation sites (N-methyl/N-ethyl adjacent to an activating group) is 1. The fourth-order valence-corrected chi connectivity index (χ4v) is 1.69. The van der Waals surface area contributed by atoms with E-state index in [1.54, 1.807) is 6.07 Å². The van der Waals surface area contributed by atoms with Crippen molar-refractivity contribution < 1.29 is 4.39 Å². The monoisotopic (exact) mass is 222 g/mol. The maximum Gasteiger partial charge on any atom is 0.203 e. The van der Waals surface area contributed by atoms with E-state index in [1.165, 1.54) is 12.1 Å². The van der Waals surface area contributed by atoms with E-state index in [1.807, 2.05) is 11.8 Å². The normalized spacial score (nSPS) is 10.9. The number of halogens is 1. The van der Waals surface area contributed by atoms with Crippen molar-refractivity contribution in [1.82, 2.24) is 9.97 Å². The van der Waals surface area contributed by atoms with Gasteiger partial charge < -0.3 is 15.6 Å². The van der Waals surface area contributed by atoms with E-state index >= 15 is 0 Å². The molecule has 2 rings (SSSR count). The van der Waals surface area contributed by atoms with Gasteiger partial charge in [0, 0.05) is 19.6 Å². The van der Waals surface area contributed by atoms with Crippen molar-refractivity contribution in [2.75, 3.05) is 24.5 Å². The molecule has 0 spiro atoms. The fraction of sp³-hybridized carbons (Fsp3) is 0.364. The number of benzene rings is 1. The second-order valence-electron chi connectivity index (χ2n) is 3.59. The molecule has 0 amide bonds. The van der Waals surface area contributed by atoms with Gasteiger partial charge in [-0.2, -0.15) is 0 Å². The molecule has 1 heterocycles. The maximum atomic E-state index is 13.0. The minimum atomic E-state index is -0.260. The van der Waals surface area contributed by atoms with Gasteiger partial charge in [0.2, 0.25) is 5.95 Å². The number of hydrogen-bond acceptors (Lipinski definition) is 3. The Balaban J connectivity index is 2.37. The SMILES string of the molecule is CCN(CCN)c1nc2ccc(F)cc2[nH]1. The molecule has 16 heavy (non-hydrogen) atoms. The van der Waals surface area contributed by atoms with Crippen LogP contribution in [0.5, 0.6) is 0 Å². The van der Waals surface area contributed by atoms with Crippen LogP contribution in [0.15, 0.2) is 18.2 Å². The summed E-state index contributed by atoms with van der Waals surface area (Å²) in [5.74, 6) is 0.484. The Hall–Kier alpha value is -1.62. The highest BCUT2D eigenvalue weighted by Gasteiger charge is 2.09. The Morgan fingerprint density at radius 1 is 1.50 bits per heavy atom. The minimum Gasteiger partial charge on any atom is -0.341 e. The van der Waals surface area contributed by atoms with Crippen LogP contribution in [-0.4, -0.2) is 29.6 Å². The number of hydrogen-bond donors (Lipinski definition) is 2. The van der Waals surface area contributed by atoms with E-state index in [0.29, 0.717) is 12.1 Å². The summed E-state index contributed by atoms with van der Waals surface area (Å²) in [5, 5.41) is 0. The molecule has 0 radical (unpaired) electrons. The number of H-pyrrole nitrogens is 1. The van der Waals surface area contributed by atoms with E-state index in [4.69, 9.17) is 5.73 Å². The molecule has 0 atom stereocenters. The van der Waals surface area contributed by atoms with E-state index in [2.05, 4.69) is 9.97 Å². The minimum absolute atomic E-state index is 0.260. The molecule has 0 bridgehead atoms. The number of anilines is 1. The highest BCUT2D eigenvalue weighted by atomic mass is 19.1. The molecule has 86 valence electrons. The Morgan fingerprint density at radius 2 is 2.31 bits per heavy atom. The highest BCUT2D eigenvalue weighted by molar-refractivity contribution is 5.77. The van der Waals surface area contributed by atoms with Gasteiger partial charge >= 0.3 is 0 Å². The fourth-order valence-electron chi connectivity index (χ4n) is 1.69. The molecule has 4 nitrogen and oxygen atoms in total. The number of fused-ring (bicyclic) bond motifs is 1. The number of aromatic nitrogens is 2. The zero-order valence-electron chi connectivity index (χ0n) is 9.20. The first-order valence-corrected chi connectivity index (χ1v) is 5.35. The van der Waals surface area contributed by atoms with Crippen molar-refractivity contribution in [3.63, 3.8) is 0 Å². The van der Waals surface area contributed by atoms with Gasteiger partial charge in [-0.25, -0.2) is 9.37 Å². The first-order chi connectivity index (χ1) is 7.74. The number of nitrogens with one attached hydrogen (secondary N) is 1. The number of imidazole rings is 1. The third-order valence-corrected chi connectivity index (χ3v) is 2.51. The molecule has 0 aliphatic carbocycles. The summed E-state index contributed by atoms with van der Waals surface area (Å²) in [5.41, 5.74) is 7.00. The lowest BCUT2D eigenvalue weighted by atomic mass is 10.3. The Morgan fingerprint density at radius 3 is 3.00 bits per heavy atom. The molecule has 5 heteroatoms. The number of nitrogens with zero attached hydrogens (tertiary/aromatic N) is 2. The van der Waals surface area contributed by atoms with Crippen LogP contribution in [0, 0.1) is 5.82 Å². The standard InChI is InChI=1S/C11H15FN4/c1-2-16(6-5-13)11-14-9-4-3-8(12)7-10(9)15-11/h3-4,7H,2,5-6,13H2,1H3,(H,14,15). The zero-order valence-corrected chi connectivity index (χ0v) is 9.20. The van der Waals surface area contributed by atoms with Crippen molar-refractivity contribution in [1.29, 1.82) is 0 Å². The molecular formula is C11H15FN4. The molecule has 0 saturated heterocycles. The first-order valence-electron chi connectivity index (χ1n) is 5.35. The third-order valence-electron chi connectivity index (χ3n) is 2.51. The summed E-state index contributed by atoms with van der Waals surface area (Å²) in [6.07, 6.45) is 0. The van der Waals surface area contributed by atoms with Gasteiger partial charge in [-0.1, -0.05) is 0 Å². The van der Waals surface area contributed by atoms with Crippen molar-refractivity contribution in [2.45, 2.75) is 6.92 Å². The third kappa shape index (κ3) is 1.99. The number of nitrogens with two attached hydrogens (primary N) is 1. The topological polar surface area (TPSA) is 57.9 Å². The van der Waals surface area contributed by atoms with Gasteiger partial charge in [-0.3, -0.25) is 0 Å². The van der Waals surface area contributed by atoms with Gasteiger partial charge in [0.1, 0.15) is 5.82 Å². The van der Waals surface area contributed by atoms with Gasteiger partial charge in [0.25, 0.3) is 0 Å². The van der Waals surface area contributed by atoms with E-state index in [-0.39, 0.29) is 5.82 Å². The average molecular weight is 222 g/mol. The van der Waals surface area contributed by atoms with Gasteiger partial charge in [-0.05, 0) is 25.1 Å². The van der Waals surface area contributed by atoms with Gasteiger partial charge in [0.15, 0.2) is 0 Å². The summed E-state index contributed by atoms with van der Waals surface area (Å²) in [7, 11) is 0. The summed E-state index contributed by atoms with van der Waals surface area (Å²) >= 11 is 0. The number of rotatable bonds is 4. The lowest BCUT2D eigenvalue weighted by molar-refractivity contribution is 0.629. The Labute approximate surface area is 93.3 Å². The van der Waals surface area contributed by atoms with Crippen LogP contribution in [0.3, 0.4) is 0 Å². The van der Waals surface area contributed by atoms with Gasteiger partial charge in [0.05, 0.1) is 11.0 Å². The molecule has 0 fully saturated rings. The second-order valence-corrected chi connectivity index (χ2v) is 3.59. The molecule has 1 aromatic carbocycles. The van der Waals surface area contributed by atoms with Crippen LogP contribution in [0.25, 0.3) is 11.0 Å². The predicted octanol–water partition coefficient (Wildman–Crippen LogP) is 1.49. The molecule has 3 N–H and O–H groups in total. The smallest absolute Gasteiger partial charge is 0.203 e. The lowest BCUT2D eigenvalue weighted by Crippen LogP contribution is -2.29. The van der Waals surface area contributed by atoms with Crippen LogP contribution in [0.1, 0.15) is 6.92 Å². The maximum absolute atomic E-state index is 13.0. The first kappa shape index (κ1) is 10.9. The van der Waals surface area contributed by atoms with E-state index < -0.39 is 0 Å². The van der Waals surface area contributed by atoms with Crippen LogP contribution in [-0.2, 0) is 0 Å². The molecule has 0 aliphatic rings. The lowest BCUT2D eigenvalue weighted by Gasteiger charge is -2.18. The Kier molecular flexibility index (Phi) is 3.05. The van der Waals surface area contributed by atoms with E-state index in [0.717, 1.165) is 24.6 Å². The van der Waals surface area contributed by atoms with Crippen LogP contribution in [0.4, 0.5) is 10.3 Å². The second kappa shape index (κ2) is 4.49. The van der Waals surface area contributed by atoms with Gasteiger partial charge in [-0.15, -0.1) is 0 Å². The predicted molar refractivity (Wildman–Crippen MR) is 63.0 cm³/mol. The van der Waals surface area contributed by atoms with Crippen molar-refractivity contribution >= 4 is 17.0 Å². The van der Waals surface area contributed by atoms with Crippen LogP contribution in [0.2, 0.25) is 0 Å². The largest absolute Gasteiger partial charge is 0.341 e. The van der Waals surface area contributed by atoms with Crippen LogP contribution >= 0.6 is 0 Å². The molecule has 2 aromatic rings. The van der Waals surface area contributed by atoms with Crippen molar-refractivity contribution in [3.8, 4) is 0 Å². The summed E-state index contributed by atoms with van der Waals surface area (Å²) in [6, 6.07) is 4.52. The van der Waals surface area contributed by atoms with Crippen molar-refractivity contribution in [2.24, 2.45) is 5.73 Å². The molecule has 1 aromatic heterocycles. The summed E-state index contributed by atoms with van der Waals surface area (Å²) < 4.78 is 13.0. The van der Waals surface area contributed by atoms with E-state index in [9.17, 15) is 4.39 Å². The van der Waals surface area contributed by atoms with Crippen molar-refractivity contribution in [3.05, 3.63) is 24.0 Å². The summed E-state index contributed by atoms with van der Waals surface area (Å²) in [6.45, 7) is 4.15. The highest BCUT2D eigenvalue weighted by Crippen LogP contribution is 2.17. The molecule has 0 aliphatic heterocycles. The number of aromatic amines is 1. The average Bonchev–Trinajstić information content (AvgIpc) is 2.68. The molecule has 0 saturated carbocycles.